The number of nitrogens with zero attached hydrogens (tertiary/aromatic N) is 3. The zero-order valence-corrected chi connectivity index (χ0v) is 15.9. The summed E-state index contributed by atoms with van der Waals surface area (Å²) in [6.07, 6.45) is -3.67. The normalized spacial score (nSPS) is 12.6. The molecular weight excluding hydrogens is 359 g/mol. The number of anilines is 2. The molecule has 1 aromatic carbocycles. The van der Waals surface area contributed by atoms with Crippen LogP contribution in [0.25, 0.3) is 0 Å². The molecule has 0 saturated carbocycles. The fourth-order valence-electron chi connectivity index (χ4n) is 2.42. The molecule has 0 fully saturated rings. The van der Waals surface area contributed by atoms with Crippen LogP contribution in [0.3, 0.4) is 0 Å². The Morgan fingerprint density at radius 1 is 1.15 bits per heavy atom. The van der Waals surface area contributed by atoms with Crippen molar-refractivity contribution in [2.45, 2.75) is 46.4 Å². The summed E-state index contributed by atoms with van der Waals surface area (Å²) in [4.78, 5) is 9.73. The summed E-state index contributed by atoms with van der Waals surface area (Å²) in [7, 11) is 0. The molecule has 0 aliphatic carbocycles. The molecule has 1 aromatic heterocycles. The summed E-state index contributed by atoms with van der Waals surface area (Å²) in [6.45, 7) is 8.16. The number of rotatable bonds is 8. The van der Waals surface area contributed by atoms with Gasteiger partial charge < -0.3 is 14.4 Å². The molecule has 1 heterocycles. The molecule has 27 heavy (non-hydrogen) atoms. The fourth-order valence-corrected chi connectivity index (χ4v) is 2.42. The molecule has 0 aliphatic heterocycles. The Hall–Kier alpha value is -2.51. The summed E-state index contributed by atoms with van der Waals surface area (Å²) >= 11 is 0. The van der Waals surface area contributed by atoms with E-state index in [4.69, 9.17) is 9.47 Å². The van der Waals surface area contributed by atoms with Crippen LogP contribution in [0.1, 0.15) is 39.7 Å². The van der Waals surface area contributed by atoms with Crippen LogP contribution in [0.2, 0.25) is 0 Å². The van der Waals surface area contributed by atoms with Gasteiger partial charge in [-0.15, -0.1) is 0 Å². The first-order valence-corrected chi connectivity index (χ1v) is 8.91. The number of para-hydroxylation sites is 2. The Morgan fingerprint density at radius 3 is 2.44 bits per heavy atom. The molecule has 0 N–H and O–H groups in total. The van der Waals surface area contributed by atoms with E-state index in [-0.39, 0.29) is 5.95 Å². The number of hydrogen-bond donors (Lipinski definition) is 0. The second-order valence-corrected chi connectivity index (χ2v) is 5.87. The molecule has 0 bridgehead atoms. The predicted molar refractivity (Wildman–Crippen MR) is 97.7 cm³/mol. The topological polar surface area (TPSA) is 47.5 Å². The van der Waals surface area contributed by atoms with E-state index in [9.17, 15) is 13.2 Å². The second kappa shape index (κ2) is 8.92. The van der Waals surface area contributed by atoms with E-state index < -0.39 is 23.7 Å². The van der Waals surface area contributed by atoms with Crippen molar-refractivity contribution in [2.75, 3.05) is 18.1 Å². The van der Waals surface area contributed by atoms with Crippen LogP contribution in [0, 0.1) is 0 Å². The third kappa shape index (κ3) is 5.02. The van der Waals surface area contributed by atoms with E-state index in [1.807, 2.05) is 39.0 Å². The van der Waals surface area contributed by atoms with Gasteiger partial charge in [-0.1, -0.05) is 19.1 Å². The van der Waals surface area contributed by atoms with E-state index >= 15 is 0 Å². The van der Waals surface area contributed by atoms with Gasteiger partial charge in [0, 0.05) is 12.7 Å². The minimum absolute atomic E-state index is 0.121. The molecule has 2 aromatic rings. The van der Waals surface area contributed by atoms with Crippen LogP contribution < -0.4 is 14.4 Å². The van der Waals surface area contributed by atoms with E-state index in [0.29, 0.717) is 31.0 Å². The minimum Gasteiger partial charge on any atom is -0.492 e. The zero-order valence-electron chi connectivity index (χ0n) is 15.9. The first kappa shape index (κ1) is 20.8. The number of benzene rings is 1. The van der Waals surface area contributed by atoms with Gasteiger partial charge in [0.25, 0.3) is 0 Å². The van der Waals surface area contributed by atoms with Gasteiger partial charge in [-0.2, -0.15) is 18.2 Å². The molecule has 2 rings (SSSR count). The van der Waals surface area contributed by atoms with Crippen molar-refractivity contribution < 1.29 is 22.6 Å². The molecule has 0 saturated heterocycles. The zero-order chi connectivity index (χ0) is 20.0. The maximum Gasteiger partial charge on any atom is 0.423 e. The van der Waals surface area contributed by atoms with Gasteiger partial charge >= 0.3 is 6.18 Å². The van der Waals surface area contributed by atoms with Crippen molar-refractivity contribution in [3.8, 4) is 11.6 Å². The molecule has 1 atom stereocenters. The number of alkyl halides is 3. The van der Waals surface area contributed by atoms with Crippen LogP contribution in [-0.4, -0.2) is 29.2 Å². The van der Waals surface area contributed by atoms with Gasteiger partial charge in [0.05, 0.1) is 18.4 Å². The highest BCUT2D eigenvalue weighted by Crippen LogP contribution is 2.38. The first-order valence-electron chi connectivity index (χ1n) is 8.91. The van der Waals surface area contributed by atoms with Crippen molar-refractivity contribution in [2.24, 2.45) is 0 Å². The number of ether oxygens (including phenoxy) is 2. The maximum atomic E-state index is 13.3. The first-order chi connectivity index (χ1) is 12.8. The summed E-state index contributed by atoms with van der Waals surface area (Å²) in [5.41, 5.74) is -0.309. The lowest BCUT2D eigenvalue weighted by atomic mass is 10.2. The monoisotopic (exact) mass is 383 g/mol. The standard InChI is InChI=1S/C19H24F3N3O2/c1-5-13(4)27-17-14(19(20,21)22)12-23-18(24-17)25(6-2)15-10-8-9-11-16(15)26-7-3/h8-13H,5-7H2,1-4H3. The second-order valence-electron chi connectivity index (χ2n) is 5.87. The van der Waals surface area contributed by atoms with E-state index in [2.05, 4.69) is 9.97 Å². The molecule has 0 radical (unpaired) electrons. The van der Waals surface area contributed by atoms with Gasteiger partial charge in [-0.05, 0) is 39.3 Å². The van der Waals surface area contributed by atoms with Gasteiger partial charge in [0.1, 0.15) is 11.3 Å². The van der Waals surface area contributed by atoms with Gasteiger partial charge in [-0.3, -0.25) is 0 Å². The number of hydrogen-bond acceptors (Lipinski definition) is 5. The molecule has 0 aliphatic rings. The Kier molecular flexibility index (Phi) is 6.87. The van der Waals surface area contributed by atoms with E-state index in [1.54, 1.807) is 17.9 Å². The third-order valence-corrected chi connectivity index (χ3v) is 3.95. The average Bonchev–Trinajstić information content (AvgIpc) is 2.63. The lowest BCUT2D eigenvalue weighted by molar-refractivity contribution is -0.139. The van der Waals surface area contributed by atoms with Gasteiger partial charge in [0.2, 0.25) is 11.8 Å². The molecule has 5 nitrogen and oxygen atoms in total. The molecule has 1 unspecified atom stereocenters. The molecule has 0 spiro atoms. The summed E-state index contributed by atoms with van der Waals surface area (Å²) in [6, 6.07) is 7.25. The number of aromatic nitrogens is 2. The molecule has 8 heteroatoms. The van der Waals surface area contributed by atoms with Crippen LogP contribution in [0.15, 0.2) is 30.5 Å². The molecular formula is C19H24F3N3O2. The van der Waals surface area contributed by atoms with Crippen LogP contribution in [0.4, 0.5) is 24.8 Å². The van der Waals surface area contributed by atoms with Gasteiger partial charge in [-0.25, -0.2) is 4.98 Å². The van der Waals surface area contributed by atoms with Crippen molar-refractivity contribution in [3.05, 3.63) is 36.0 Å². The highest BCUT2D eigenvalue weighted by molar-refractivity contribution is 5.65. The molecule has 0 amide bonds. The summed E-state index contributed by atoms with van der Waals surface area (Å²) in [5.74, 6) is 0.264. The Balaban J connectivity index is 2.51. The Labute approximate surface area is 157 Å². The van der Waals surface area contributed by atoms with Crippen LogP contribution in [-0.2, 0) is 6.18 Å². The highest BCUT2D eigenvalue weighted by Gasteiger charge is 2.37. The van der Waals surface area contributed by atoms with Crippen molar-refractivity contribution in [1.29, 1.82) is 0 Å². The quantitative estimate of drug-likeness (QED) is 0.625. The highest BCUT2D eigenvalue weighted by atomic mass is 19.4. The maximum absolute atomic E-state index is 13.3. The van der Waals surface area contributed by atoms with Crippen molar-refractivity contribution in [3.63, 3.8) is 0 Å². The van der Waals surface area contributed by atoms with Crippen molar-refractivity contribution >= 4 is 11.6 Å². The minimum atomic E-state index is -4.60. The third-order valence-electron chi connectivity index (χ3n) is 3.95. The van der Waals surface area contributed by atoms with Crippen molar-refractivity contribution in [1.82, 2.24) is 9.97 Å². The summed E-state index contributed by atoms with van der Waals surface area (Å²) < 4.78 is 51.0. The average molecular weight is 383 g/mol. The van der Waals surface area contributed by atoms with Crippen LogP contribution >= 0.6 is 0 Å². The van der Waals surface area contributed by atoms with Gasteiger partial charge in [0.15, 0.2) is 0 Å². The Morgan fingerprint density at radius 2 is 1.85 bits per heavy atom. The fraction of sp³-hybridized carbons (Fsp3) is 0.474. The Bertz CT molecular complexity index is 753. The smallest absolute Gasteiger partial charge is 0.423 e. The number of halogens is 3. The largest absolute Gasteiger partial charge is 0.492 e. The lowest BCUT2D eigenvalue weighted by Gasteiger charge is -2.25. The molecule has 148 valence electrons. The van der Waals surface area contributed by atoms with E-state index in [1.165, 1.54) is 0 Å². The summed E-state index contributed by atoms with van der Waals surface area (Å²) in [5, 5.41) is 0. The van der Waals surface area contributed by atoms with E-state index in [0.717, 1.165) is 6.20 Å². The lowest BCUT2D eigenvalue weighted by Crippen LogP contribution is -2.22. The predicted octanol–water partition coefficient (Wildman–Crippen LogP) is 5.23. The van der Waals surface area contributed by atoms with Crippen LogP contribution in [0.5, 0.6) is 11.6 Å². The SMILES string of the molecule is CCOc1ccccc1N(CC)c1ncc(C(F)(F)F)c(OC(C)CC)n1.